The second-order valence-corrected chi connectivity index (χ2v) is 8.25. The molecule has 0 spiro atoms. The summed E-state index contributed by atoms with van der Waals surface area (Å²) in [5, 5.41) is 2.92. The molecule has 2 aliphatic rings. The summed E-state index contributed by atoms with van der Waals surface area (Å²) in [5.41, 5.74) is 6.83. The second-order valence-electron chi connectivity index (χ2n) is 8.25. The number of carbonyl (C=O) groups is 2. The van der Waals surface area contributed by atoms with Crippen LogP contribution >= 0.6 is 0 Å². The molecule has 1 saturated carbocycles. The number of halogens is 1. The monoisotopic (exact) mass is 375 g/mol. The van der Waals surface area contributed by atoms with Gasteiger partial charge in [-0.05, 0) is 50.3 Å². The predicted molar refractivity (Wildman–Crippen MR) is 102 cm³/mol. The first-order valence-corrected chi connectivity index (χ1v) is 9.96. The molecule has 2 atom stereocenters. The van der Waals surface area contributed by atoms with Gasteiger partial charge in [0.1, 0.15) is 5.82 Å². The van der Waals surface area contributed by atoms with Gasteiger partial charge in [0.15, 0.2) is 0 Å². The van der Waals surface area contributed by atoms with Crippen molar-refractivity contribution in [3.8, 4) is 0 Å². The molecule has 0 aromatic heterocycles. The maximum Gasteiger partial charge on any atom is 0.227 e. The predicted octanol–water partition coefficient (Wildman–Crippen LogP) is 2.59. The maximum atomic E-state index is 12.9. The zero-order valence-corrected chi connectivity index (χ0v) is 16.0. The Hall–Kier alpha value is -1.95. The van der Waals surface area contributed by atoms with Crippen LogP contribution in [-0.2, 0) is 16.1 Å². The molecule has 27 heavy (non-hydrogen) atoms. The van der Waals surface area contributed by atoms with Crippen molar-refractivity contribution in [2.24, 2.45) is 17.6 Å². The number of piperidine rings is 1. The molecule has 2 unspecified atom stereocenters. The van der Waals surface area contributed by atoms with Crippen LogP contribution in [0.1, 0.15) is 51.0 Å². The summed E-state index contributed by atoms with van der Waals surface area (Å²) in [4.78, 5) is 27.2. The molecule has 5 nitrogen and oxygen atoms in total. The van der Waals surface area contributed by atoms with Crippen molar-refractivity contribution in [1.29, 1.82) is 0 Å². The van der Waals surface area contributed by atoms with Gasteiger partial charge in [-0.15, -0.1) is 0 Å². The fourth-order valence-corrected chi connectivity index (χ4v) is 4.28. The molecule has 1 aromatic rings. The summed E-state index contributed by atoms with van der Waals surface area (Å²) in [7, 11) is 0. The van der Waals surface area contributed by atoms with Gasteiger partial charge in [-0.25, -0.2) is 4.39 Å². The first-order valence-electron chi connectivity index (χ1n) is 9.96. The Morgan fingerprint density at radius 1 is 1.19 bits per heavy atom. The second kappa shape index (κ2) is 8.38. The van der Waals surface area contributed by atoms with E-state index in [1.807, 2.05) is 11.8 Å². The SMILES string of the molecule is CC1(N)CCCCC1C(=O)N1CCC(C(=O)NCc2ccc(F)cc2)CC1. The Morgan fingerprint density at radius 3 is 2.48 bits per heavy atom. The molecule has 1 aliphatic carbocycles. The molecule has 1 aromatic carbocycles. The lowest BCUT2D eigenvalue weighted by molar-refractivity contribution is -0.142. The highest BCUT2D eigenvalue weighted by Gasteiger charge is 2.40. The van der Waals surface area contributed by atoms with Gasteiger partial charge >= 0.3 is 0 Å². The van der Waals surface area contributed by atoms with Crippen molar-refractivity contribution >= 4 is 11.8 Å². The average Bonchev–Trinajstić information content (AvgIpc) is 2.66. The molecule has 1 heterocycles. The van der Waals surface area contributed by atoms with Crippen LogP contribution in [0.15, 0.2) is 24.3 Å². The van der Waals surface area contributed by atoms with Crippen LogP contribution in [0.25, 0.3) is 0 Å². The maximum absolute atomic E-state index is 12.9. The molecule has 1 saturated heterocycles. The summed E-state index contributed by atoms with van der Waals surface area (Å²) < 4.78 is 12.9. The Balaban J connectivity index is 1.47. The Bertz CT molecular complexity index is 667. The van der Waals surface area contributed by atoms with E-state index in [4.69, 9.17) is 5.73 Å². The summed E-state index contributed by atoms with van der Waals surface area (Å²) in [5.74, 6) is -0.300. The number of benzene rings is 1. The number of nitrogens with one attached hydrogen (secondary N) is 1. The topological polar surface area (TPSA) is 75.4 Å². The third-order valence-electron chi connectivity index (χ3n) is 6.11. The van der Waals surface area contributed by atoms with Crippen LogP contribution in [0.3, 0.4) is 0 Å². The highest BCUT2D eigenvalue weighted by atomic mass is 19.1. The van der Waals surface area contributed by atoms with Crippen molar-refractivity contribution in [1.82, 2.24) is 10.2 Å². The van der Waals surface area contributed by atoms with Gasteiger partial charge < -0.3 is 16.0 Å². The molecule has 3 N–H and O–H groups in total. The van der Waals surface area contributed by atoms with Crippen molar-refractivity contribution in [3.63, 3.8) is 0 Å². The summed E-state index contributed by atoms with van der Waals surface area (Å²) >= 11 is 0. The molecule has 3 rings (SSSR count). The van der Waals surface area contributed by atoms with Crippen LogP contribution < -0.4 is 11.1 Å². The molecule has 0 radical (unpaired) electrons. The number of amides is 2. The number of rotatable bonds is 4. The number of hydrogen-bond donors (Lipinski definition) is 2. The van der Waals surface area contributed by atoms with Gasteiger partial charge in [-0.2, -0.15) is 0 Å². The molecule has 148 valence electrons. The van der Waals surface area contributed by atoms with E-state index < -0.39 is 5.54 Å². The molecule has 1 aliphatic heterocycles. The van der Waals surface area contributed by atoms with Gasteiger partial charge in [0, 0.05) is 31.1 Å². The summed E-state index contributed by atoms with van der Waals surface area (Å²) in [6.45, 7) is 3.61. The first-order chi connectivity index (χ1) is 12.9. The fraction of sp³-hybridized carbons (Fsp3) is 0.619. The minimum absolute atomic E-state index is 0.00718. The van der Waals surface area contributed by atoms with Crippen molar-refractivity contribution in [2.75, 3.05) is 13.1 Å². The lowest BCUT2D eigenvalue weighted by Gasteiger charge is -2.41. The number of likely N-dealkylation sites (tertiary alicyclic amines) is 1. The Labute approximate surface area is 160 Å². The molecule has 2 amide bonds. The molecular weight excluding hydrogens is 345 g/mol. The van der Waals surface area contributed by atoms with Crippen molar-refractivity contribution in [2.45, 2.75) is 57.5 Å². The lowest BCUT2D eigenvalue weighted by Crippen LogP contribution is -2.55. The standard InChI is InChI=1S/C21H30FN3O2/c1-21(23)11-3-2-4-18(21)20(27)25-12-9-16(10-13-25)19(26)24-14-15-5-7-17(22)8-6-15/h5-8,16,18H,2-4,9-14,23H2,1H3,(H,24,26). The van der Waals surface area contributed by atoms with Gasteiger partial charge in [0.2, 0.25) is 11.8 Å². The smallest absolute Gasteiger partial charge is 0.227 e. The normalized spacial score (nSPS) is 26.6. The molecule has 6 heteroatoms. The highest BCUT2D eigenvalue weighted by Crippen LogP contribution is 2.33. The number of carbonyl (C=O) groups excluding carboxylic acids is 2. The molecule has 0 bridgehead atoms. The Kier molecular flexibility index (Phi) is 6.15. The zero-order valence-electron chi connectivity index (χ0n) is 16.0. The minimum atomic E-state index is -0.418. The van der Waals surface area contributed by atoms with E-state index in [-0.39, 0.29) is 29.5 Å². The summed E-state index contributed by atoms with van der Waals surface area (Å²) in [6.07, 6.45) is 5.26. The van der Waals surface area contributed by atoms with Crippen LogP contribution in [-0.4, -0.2) is 35.3 Å². The van der Waals surface area contributed by atoms with E-state index in [1.165, 1.54) is 12.1 Å². The first kappa shape index (κ1) is 19.8. The number of nitrogens with two attached hydrogens (primary N) is 1. The van der Waals surface area contributed by atoms with E-state index >= 15 is 0 Å². The molecule has 2 fully saturated rings. The van der Waals surface area contributed by atoms with Gasteiger partial charge in [-0.1, -0.05) is 25.0 Å². The lowest BCUT2D eigenvalue weighted by atomic mass is 9.73. The third-order valence-corrected chi connectivity index (χ3v) is 6.11. The van der Waals surface area contributed by atoms with Crippen LogP contribution in [0.5, 0.6) is 0 Å². The summed E-state index contributed by atoms with van der Waals surface area (Å²) in [6, 6.07) is 6.12. The zero-order chi connectivity index (χ0) is 19.4. The van der Waals surface area contributed by atoms with Crippen LogP contribution in [0.2, 0.25) is 0 Å². The van der Waals surface area contributed by atoms with Gasteiger partial charge in [0.05, 0.1) is 5.92 Å². The third kappa shape index (κ3) is 4.86. The van der Waals surface area contributed by atoms with E-state index in [0.29, 0.717) is 32.5 Å². The quantitative estimate of drug-likeness (QED) is 0.849. The van der Waals surface area contributed by atoms with E-state index in [1.54, 1.807) is 12.1 Å². The van der Waals surface area contributed by atoms with Gasteiger partial charge in [0.25, 0.3) is 0 Å². The van der Waals surface area contributed by atoms with Crippen LogP contribution in [0.4, 0.5) is 4.39 Å². The van der Waals surface area contributed by atoms with E-state index in [9.17, 15) is 14.0 Å². The van der Waals surface area contributed by atoms with Crippen LogP contribution in [0, 0.1) is 17.7 Å². The van der Waals surface area contributed by atoms with Crippen molar-refractivity contribution in [3.05, 3.63) is 35.6 Å². The van der Waals surface area contributed by atoms with E-state index in [0.717, 1.165) is 31.2 Å². The average molecular weight is 375 g/mol. The van der Waals surface area contributed by atoms with E-state index in [2.05, 4.69) is 5.32 Å². The van der Waals surface area contributed by atoms with Crippen molar-refractivity contribution < 1.29 is 14.0 Å². The Morgan fingerprint density at radius 2 is 1.85 bits per heavy atom. The van der Waals surface area contributed by atoms with Gasteiger partial charge in [-0.3, -0.25) is 9.59 Å². The number of nitrogens with zero attached hydrogens (tertiary/aromatic N) is 1. The molecular formula is C21H30FN3O2. The largest absolute Gasteiger partial charge is 0.352 e. The fourth-order valence-electron chi connectivity index (χ4n) is 4.28. The highest BCUT2D eigenvalue weighted by molar-refractivity contribution is 5.82. The minimum Gasteiger partial charge on any atom is -0.352 e. The number of hydrogen-bond acceptors (Lipinski definition) is 3.